The summed E-state index contributed by atoms with van der Waals surface area (Å²) < 4.78 is 26.5. The Balaban J connectivity index is 2.79. The summed E-state index contributed by atoms with van der Waals surface area (Å²) in [5, 5.41) is 3.28. The largest absolute Gasteiger partial charge is 0.493 e. The van der Waals surface area contributed by atoms with Crippen molar-refractivity contribution in [2.45, 2.75) is 13.5 Å². The third-order valence-electron chi connectivity index (χ3n) is 2.82. The molecule has 0 saturated carbocycles. The average molecular weight is 299 g/mol. The van der Waals surface area contributed by atoms with Crippen molar-refractivity contribution in [2.75, 3.05) is 47.9 Å². The van der Waals surface area contributed by atoms with Gasteiger partial charge in [0.1, 0.15) is 0 Å². The highest BCUT2D eigenvalue weighted by Gasteiger charge is 2.14. The van der Waals surface area contributed by atoms with E-state index in [0.717, 1.165) is 12.1 Å². The minimum atomic E-state index is 0.161. The predicted octanol–water partition coefficient (Wildman–Crippen LogP) is 1.81. The molecule has 0 spiro atoms. The van der Waals surface area contributed by atoms with E-state index >= 15 is 0 Å². The molecular formula is C15H25NO5. The second kappa shape index (κ2) is 10.3. The Morgan fingerprint density at radius 3 is 2.24 bits per heavy atom. The predicted molar refractivity (Wildman–Crippen MR) is 80.2 cm³/mol. The van der Waals surface area contributed by atoms with E-state index in [-0.39, 0.29) is 6.79 Å². The maximum atomic E-state index is 5.58. The molecule has 0 saturated heterocycles. The standard InChI is InChI=1S/C15H25NO5/c1-5-20-11-21-15-13(18-3)8-12(9-14(15)19-4)10-16-6-7-17-2/h8-9,16H,5-7,10-11H2,1-4H3. The van der Waals surface area contributed by atoms with E-state index in [1.807, 2.05) is 19.1 Å². The molecule has 0 aliphatic heterocycles. The molecule has 1 aromatic rings. The molecule has 0 heterocycles. The molecular weight excluding hydrogens is 274 g/mol. The van der Waals surface area contributed by atoms with Crippen LogP contribution in [0.15, 0.2) is 12.1 Å². The molecule has 0 radical (unpaired) electrons. The zero-order valence-electron chi connectivity index (χ0n) is 13.2. The smallest absolute Gasteiger partial charge is 0.206 e. The number of benzene rings is 1. The molecule has 0 aliphatic carbocycles. The van der Waals surface area contributed by atoms with Crippen molar-refractivity contribution in [3.63, 3.8) is 0 Å². The Morgan fingerprint density at radius 2 is 1.71 bits per heavy atom. The maximum Gasteiger partial charge on any atom is 0.206 e. The lowest BCUT2D eigenvalue weighted by atomic mass is 10.2. The van der Waals surface area contributed by atoms with Crippen LogP contribution in [0.3, 0.4) is 0 Å². The van der Waals surface area contributed by atoms with Crippen molar-refractivity contribution in [1.82, 2.24) is 5.32 Å². The van der Waals surface area contributed by atoms with Gasteiger partial charge in [0, 0.05) is 26.8 Å². The number of hydrogen-bond acceptors (Lipinski definition) is 6. The van der Waals surface area contributed by atoms with Crippen LogP contribution < -0.4 is 19.5 Å². The van der Waals surface area contributed by atoms with Crippen LogP contribution in [0.2, 0.25) is 0 Å². The molecule has 0 bridgehead atoms. The number of nitrogens with one attached hydrogen (secondary N) is 1. The molecule has 120 valence electrons. The van der Waals surface area contributed by atoms with Gasteiger partial charge in [-0.3, -0.25) is 0 Å². The summed E-state index contributed by atoms with van der Waals surface area (Å²) in [6.07, 6.45) is 0. The Bertz CT molecular complexity index is 386. The second-order valence-corrected chi connectivity index (χ2v) is 4.25. The summed E-state index contributed by atoms with van der Waals surface area (Å²) in [7, 11) is 4.88. The summed E-state index contributed by atoms with van der Waals surface area (Å²) in [5.41, 5.74) is 1.04. The maximum absolute atomic E-state index is 5.58. The van der Waals surface area contributed by atoms with E-state index in [1.165, 1.54) is 0 Å². The molecule has 0 amide bonds. The van der Waals surface area contributed by atoms with Crippen LogP contribution in [-0.4, -0.2) is 47.9 Å². The molecule has 0 atom stereocenters. The van der Waals surface area contributed by atoms with E-state index in [1.54, 1.807) is 21.3 Å². The summed E-state index contributed by atoms with van der Waals surface area (Å²) in [6.45, 7) is 4.81. The van der Waals surface area contributed by atoms with Crippen LogP contribution >= 0.6 is 0 Å². The van der Waals surface area contributed by atoms with Crippen molar-refractivity contribution in [3.05, 3.63) is 17.7 Å². The fourth-order valence-corrected chi connectivity index (χ4v) is 1.77. The Kier molecular flexibility index (Phi) is 8.57. The van der Waals surface area contributed by atoms with Gasteiger partial charge in [0.15, 0.2) is 18.3 Å². The lowest BCUT2D eigenvalue weighted by Gasteiger charge is -2.16. The molecule has 6 nitrogen and oxygen atoms in total. The molecule has 1 N–H and O–H groups in total. The SMILES string of the molecule is CCOCOc1c(OC)cc(CNCCOC)cc1OC. The van der Waals surface area contributed by atoms with Crippen molar-refractivity contribution < 1.29 is 23.7 Å². The van der Waals surface area contributed by atoms with E-state index in [2.05, 4.69) is 5.32 Å². The first kappa shape index (κ1) is 17.6. The van der Waals surface area contributed by atoms with Crippen LogP contribution in [0, 0.1) is 0 Å². The van der Waals surface area contributed by atoms with E-state index in [9.17, 15) is 0 Å². The van der Waals surface area contributed by atoms with Crippen molar-refractivity contribution in [1.29, 1.82) is 0 Å². The lowest BCUT2D eigenvalue weighted by Crippen LogP contribution is -2.18. The van der Waals surface area contributed by atoms with Gasteiger partial charge in [0.05, 0.1) is 20.8 Å². The molecule has 1 aromatic carbocycles. The first-order valence-electron chi connectivity index (χ1n) is 6.91. The summed E-state index contributed by atoms with van der Waals surface area (Å²) in [4.78, 5) is 0. The van der Waals surface area contributed by atoms with Crippen molar-refractivity contribution >= 4 is 0 Å². The first-order valence-corrected chi connectivity index (χ1v) is 6.91. The van der Waals surface area contributed by atoms with Gasteiger partial charge in [-0.15, -0.1) is 0 Å². The molecule has 1 rings (SSSR count). The minimum absolute atomic E-state index is 0.161. The van der Waals surface area contributed by atoms with Crippen LogP contribution in [0.25, 0.3) is 0 Å². The van der Waals surface area contributed by atoms with Gasteiger partial charge >= 0.3 is 0 Å². The van der Waals surface area contributed by atoms with Crippen LogP contribution in [0.5, 0.6) is 17.2 Å². The van der Waals surface area contributed by atoms with Crippen LogP contribution in [-0.2, 0) is 16.0 Å². The van der Waals surface area contributed by atoms with Gasteiger partial charge in [0.25, 0.3) is 0 Å². The number of rotatable bonds is 11. The van der Waals surface area contributed by atoms with Gasteiger partial charge < -0.3 is 29.0 Å². The van der Waals surface area contributed by atoms with Gasteiger partial charge in [-0.2, -0.15) is 0 Å². The Labute approximate surface area is 126 Å². The van der Waals surface area contributed by atoms with E-state index < -0.39 is 0 Å². The van der Waals surface area contributed by atoms with Crippen molar-refractivity contribution in [2.24, 2.45) is 0 Å². The summed E-state index contributed by atoms with van der Waals surface area (Å²) in [5.74, 6) is 1.80. The summed E-state index contributed by atoms with van der Waals surface area (Å²) in [6, 6.07) is 3.84. The fourth-order valence-electron chi connectivity index (χ4n) is 1.77. The number of hydrogen-bond donors (Lipinski definition) is 1. The highest BCUT2D eigenvalue weighted by Crippen LogP contribution is 2.38. The quantitative estimate of drug-likeness (QED) is 0.497. The Morgan fingerprint density at radius 1 is 1.05 bits per heavy atom. The molecule has 0 fully saturated rings. The highest BCUT2D eigenvalue weighted by atomic mass is 16.7. The van der Waals surface area contributed by atoms with Crippen LogP contribution in [0.1, 0.15) is 12.5 Å². The zero-order chi connectivity index (χ0) is 15.5. The molecule has 0 unspecified atom stereocenters. The van der Waals surface area contributed by atoms with Gasteiger partial charge in [0.2, 0.25) is 5.75 Å². The van der Waals surface area contributed by atoms with Gasteiger partial charge in [-0.05, 0) is 24.6 Å². The molecule has 21 heavy (non-hydrogen) atoms. The minimum Gasteiger partial charge on any atom is -0.493 e. The van der Waals surface area contributed by atoms with Gasteiger partial charge in [-0.1, -0.05) is 0 Å². The highest BCUT2D eigenvalue weighted by molar-refractivity contribution is 5.53. The van der Waals surface area contributed by atoms with E-state index in [0.29, 0.717) is 37.0 Å². The van der Waals surface area contributed by atoms with Crippen molar-refractivity contribution in [3.8, 4) is 17.2 Å². The lowest BCUT2D eigenvalue weighted by molar-refractivity contribution is 0.0193. The normalized spacial score (nSPS) is 10.5. The molecule has 0 aliphatic rings. The number of methoxy groups -OCH3 is 3. The summed E-state index contributed by atoms with van der Waals surface area (Å²) >= 11 is 0. The third kappa shape index (κ3) is 5.79. The monoisotopic (exact) mass is 299 g/mol. The molecule has 6 heteroatoms. The Hall–Kier alpha value is -1.50. The third-order valence-corrected chi connectivity index (χ3v) is 2.82. The van der Waals surface area contributed by atoms with E-state index in [4.69, 9.17) is 23.7 Å². The molecule has 0 aromatic heterocycles. The number of ether oxygens (including phenoxy) is 5. The first-order chi connectivity index (χ1) is 10.3. The van der Waals surface area contributed by atoms with Crippen LogP contribution in [0.4, 0.5) is 0 Å². The topological polar surface area (TPSA) is 58.2 Å². The second-order valence-electron chi connectivity index (χ2n) is 4.25. The fraction of sp³-hybridized carbons (Fsp3) is 0.600. The van der Waals surface area contributed by atoms with Gasteiger partial charge in [-0.25, -0.2) is 0 Å². The zero-order valence-corrected chi connectivity index (χ0v) is 13.2. The average Bonchev–Trinajstić information content (AvgIpc) is 2.52.